The van der Waals surface area contributed by atoms with Gasteiger partial charge in [0, 0.05) is 5.56 Å². The average molecular weight is 212 g/mol. The molecule has 0 aromatic heterocycles. The molecular formula is C15H16O. The Morgan fingerprint density at radius 3 is 2.31 bits per heavy atom. The van der Waals surface area contributed by atoms with Crippen molar-refractivity contribution in [1.82, 2.24) is 0 Å². The summed E-state index contributed by atoms with van der Waals surface area (Å²) in [4.78, 5) is 0. The summed E-state index contributed by atoms with van der Waals surface area (Å²) in [6.45, 7) is 2.15. The van der Waals surface area contributed by atoms with Crippen LogP contribution in [0.25, 0.3) is 11.1 Å². The van der Waals surface area contributed by atoms with Gasteiger partial charge in [0.1, 0.15) is 5.75 Å². The molecule has 0 bridgehead atoms. The first-order valence-corrected chi connectivity index (χ1v) is 5.58. The second kappa shape index (κ2) is 4.84. The van der Waals surface area contributed by atoms with Gasteiger partial charge >= 0.3 is 0 Å². The van der Waals surface area contributed by atoms with Crippen LogP contribution in [0.3, 0.4) is 0 Å². The lowest BCUT2D eigenvalue weighted by Gasteiger charge is -2.12. The third-order valence-corrected chi connectivity index (χ3v) is 2.77. The van der Waals surface area contributed by atoms with E-state index in [-0.39, 0.29) is 0 Å². The fourth-order valence-electron chi connectivity index (χ4n) is 1.95. The van der Waals surface area contributed by atoms with E-state index in [2.05, 4.69) is 37.3 Å². The molecule has 2 aromatic carbocycles. The molecule has 0 saturated heterocycles. The van der Waals surface area contributed by atoms with E-state index in [1.165, 1.54) is 16.7 Å². The van der Waals surface area contributed by atoms with E-state index in [1.807, 2.05) is 18.2 Å². The highest BCUT2D eigenvalue weighted by atomic mass is 16.5. The van der Waals surface area contributed by atoms with Crippen LogP contribution in [0, 0.1) is 0 Å². The molecule has 0 saturated carbocycles. The van der Waals surface area contributed by atoms with Crippen molar-refractivity contribution in [2.75, 3.05) is 7.11 Å². The molecule has 0 aliphatic rings. The summed E-state index contributed by atoms with van der Waals surface area (Å²) >= 11 is 0. The summed E-state index contributed by atoms with van der Waals surface area (Å²) in [6, 6.07) is 16.7. The molecule has 0 atom stereocenters. The molecule has 82 valence electrons. The van der Waals surface area contributed by atoms with Crippen molar-refractivity contribution in [3.63, 3.8) is 0 Å². The van der Waals surface area contributed by atoms with Crippen molar-refractivity contribution in [2.45, 2.75) is 13.3 Å². The summed E-state index contributed by atoms with van der Waals surface area (Å²) in [7, 11) is 1.74. The Hall–Kier alpha value is -1.76. The van der Waals surface area contributed by atoms with Crippen molar-refractivity contribution in [3.8, 4) is 16.9 Å². The Labute approximate surface area is 96.7 Å². The molecule has 2 aromatic rings. The van der Waals surface area contributed by atoms with E-state index in [1.54, 1.807) is 7.11 Å². The molecule has 1 nitrogen and oxygen atoms in total. The monoisotopic (exact) mass is 212 g/mol. The molecular weight excluding hydrogens is 196 g/mol. The van der Waals surface area contributed by atoms with Gasteiger partial charge < -0.3 is 4.74 Å². The Balaban J connectivity index is 2.57. The zero-order valence-corrected chi connectivity index (χ0v) is 9.73. The first-order valence-electron chi connectivity index (χ1n) is 5.58. The van der Waals surface area contributed by atoms with Gasteiger partial charge in [0.2, 0.25) is 0 Å². The molecule has 0 N–H and O–H groups in total. The van der Waals surface area contributed by atoms with Crippen molar-refractivity contribution in [3.05, 3.63) is 54.1 Å². The SMILES string of the molecule is CCc1cccc(-c2ccccc2)c1OC. The average Bonchev–Trinajstić information content (AvgIpc) is 2.38. The van der Waals surface area contributed by atoms with Gasteiger partial charge in [-0.15, -0.1) is 0 Å². The highest BCUT2D eigenvalue weighted by Gasteiger charge is 2.08. The third-order valence-electron chi connectivity index (χ3n) is 2.77. The molecule has 0 amide bonds. The zero-order valence-electron chi connectivity index (χ0n) is 9.73. The van der Waals surface area contributed by atoms with Crippen molar-refractivity contribution in [1.29, 1.82) is 0 Å². The van der Waals surface area contributed by atoms with Crippen molar-refractivity contribution >= 4 is 0 Å². The predicted molar refractivity (Wildman–Crippen MR) is 67.8 cm³/mol. The number of benzene rings is 2. The van der Waals surface area contributed by atoms with E-state index in [4.69, 9.17) is 4.74 Å². The van der Waals surface area contributed by atoms with Crippen LogP contribution in [0.5, 0.6) is 5.75 Å². The Morgan fingerprint density at radius 2 is 1.69 bits per heavy atom. The molecule has 16 heavy (non-hydrogen) atoms. The standard InChI is InChI=1S/C15H16O/c1-3-12-10-7-11-14(15(12)16-2)13-8-5-4-6-9-13/h4-11H,3H2,1-2H3. The first kappa shape index (κ1) is 10.7. The summed E-state index contributed by atoms with van der Waals surface area (Å²) in [5, 5.41) is 0. The molecule has 0 unspecified atom stereocenters. The smallest absolute Gasteiger partial charge is 0.129 e. The summed E-state index contributed by atoms with van der Waals surface area (Å²) in [5.41, 5.74) is 3.63. The number of para-hydroxylation sites is 1. The second-order valence-electron chi connectivity index (χ2n) is 3.72. The van der Waals surface area contributed by atoms with Gasteiger partial charge in [0.15, 0.2) is 0 Å². The van der Waals surface area contributed by atoms with Gasteiger partial charge in [0.25, 0.3) is 0 Å². The minimum Gasteiger partial charge on any atom is -0.496 e. The molecule has 0 radical (unpaired) electrons. The van der Waals surface area contributed by atoms with Gasteiger partial charge in [-0.2, -0.15) is 0 Å². The van der Waals surface area contributed by atoms with E-state index in [0.29, 0.717) is 0 Å². The van der Waals surface area contributed by atoms with Crippen molar-refractivity contribution < 1.29 is 4.74 Å². The van der Waals surface area contributed by atoms with Crippen LogP contribution < -0.4 is 4.74 Å². The Bertz CT molecular complexity index is 460. The highest BCUT2D eigenvalue weighted by Crippen LogP contribution is 2.32. The quantitative estimate of drug-likeness (QED) is 0.749. The minimum absolute atomic E-state index is 0.990. The third kappa shape index (κ3) is 1.94. The zero-order chi connectivity index (χ0) is 11.4. The predicted octanol–water partition coefficient (Wildman–Crippen LogP) is 3.92. The second-order valence-corrected chi connectivity index (χ2v) is 3.72. The van der Waals surface area contributed by atoms with Crippen LogP contribution in [0.2, 0.25) is 0 Å². The largest absolute Gasteiger partial charge is 0.496 e. The van der Waals surface area contributed by atoms with Gasteiger partial charge in [-0.1, -0.05) is 55.5 Å². The lowest BCUT2D eigenvalue weighted by molar-refractivity contribution is 0.412. The topological polar surface area (TPSA) is 9.23 Å². The Morgan fingerprint density at radius 1 is 0.938 bits per heavy atom. The maximum Gasteiger partial charge on any atom is 0.129 e. The van der Waals surface area contributed by atoms with E-state index < -0.39 is 0 Å². The van der Waals surface area contributed by atoms with E-state index >= 15 is 0 Å². The number of ether oxygens (including phenoxy) is 1. The fourth-order valence-corrected chi connectivity index (χ4v) is 1.95. The maximum atomic E-state index is 5.52. The molecule has 0 aliphatic heterocycles. The van der Waals surface area contributed by atoms with Crippen LogP contribution in [0.15, 0.2) is 48.5 Å². The van der Waals surface area contributed by atoms with Crippen LogP contribution in [0.4, 0.5) is 0 Å². The van der Waals surface area contributed by atoms with Gasteiger partial charge in [-0.3, -0.25) is 0 Å². The summed E-state index contributed by atoms with van der Waals surface area (Å²) in [6.07, 6.45) is 0.990. The number of rotatable bonds is 3. The summed E-state index contributed by atoms with van der Waals surface area (Å²) in [5.74, 6) is 0.996. The fraction of sp³-hybridized carbons (Fsp3) is 0.200. The molecule has 0 heterocycles. The normalized spacial score (nSPS) is 10.1. The molecule has 1 heteroatoms. The first-order chi connectivity index (χ1) is 7.86. The molecule has 0 spiro atoms. The number of hydrogen-bond acceptors (Lipinski definition) is 1. The van der Waals surface area contributed by atoms with Crippen molar-refractivity contribution in [2.24, 2.45) is 0 Å². The molecule has 0 fully saturated rings. The van der Waals surface area contributed by atoms with E-state index in [9.17, 15) is 0 Å². The van der Waals surface area contributed by atoms with Gasteiger partial charge in [0.05, 0.1) is 7.11 Å². The van der Waals surface area contributed by atoms with Gasteiger partial charge in [-0.25, -0.2) is 0 Å². The number of methoxy groups -OCH3 is 1. The minimum atomic E-state index is 0.990. The summed E-state index contributed by atoms with van der Waals surface area (Å²) < 4.78 is 5.52. The number of aryl methyl sites for hydroxylation is 1. The molecule has 2 rings (SSSR count). The highest BCUT2D eigenvalue weighted by molar-refractivity contribution is 5.72. The van der Waals surface area contributed by atoms with Gasteiger partial charge in [-0.05, 0) is 17.5 Å². The number of hydrogen-bond donors (Lipinski definition) is 0. The van der Waals surface area contributed by atoms with E-state index in [0.717, 1.165) is 12.2 Å². The van der Waals surface area contributed by atoms with Crippen LogP contribution >= 0.6 is 0 Å². The lowest BCUT2D eigenvalue weighted by atomic mass is 10.0. The Kier molecular flexibility index (Phi) is 3.25. The lowest BCUT2D eigenvalue weighted by Crippen LogP contribution is -1.93. The van der Waals surface area contributed by atoms with Crippen LogP contribution in [-0.4, -0.2) is 7.11 Å². The van der Waals surface area contributed by atoms with Crippen LogP contribution in [-0.2, 0) is 6.42 Å². The van der Waals surface area contributed by atoms with Crippen LogP contribution in [0.1, 0.15) is 12.5 Å². The molecule has 0 aliphatic carbocycles. The maximum absolute atomic E-state index is 5.52.